The van der Waals surface area contributed by atoms with E-state index < -0.39 is 17.2 Å². The fourth-order valence-corrected chi connectivity index (χ4v) is 1.50. The molecule has 0 heterocycles. The molecule has 1 aromatic carbocycles. The van der Waals surface area contributed by atoms with Crippen molar-refractivity contribution in [3.63, 3.8) is 0 Å². The van der Waals surface area contributed by atoms with Gasteiger partial charge in [-0.2, -0.15) is 13.2 Å². The topological polar surface area (TPSA) is 49.3 Å². The second-order valence-electron chi connectivity index (χ2n) is 5.47. The number of aliphatic hydroxyl groups is 1. The molecule has 3 nitrogen and oxygen atoms in total. The zero-order valence-electron chi connectivity index (χ0n) is 11.4. The van der Waals surface area contributed by atoms with Crippen LogP contribution in [0.25, 0.3) is 0 Å². The summed E-state index contributed by atoms with van der Waals surface area (Å²) in [5.41, 5.74) is -0.915. The van der Waals surface area contributed by atoms with Crippen LogP contribution < -0.4 is 5.32 Å². The molecule has 0 saturated heterocycles. The zero-order chi connectivity index (χ0) is 15.4. The molecule has 0 spiro atoms. The summed E-state index contributed by atoms with van der Waals surface area (Å²) in [6.45, 7) is 3.73. The fourth-order valence-electron chi connectivity index (χ4n) is 1.50. The summed E-state index contributed by atoms with van der Waals surface area (Å²) < 4.78 is 37.6. The molecule has 2 N–H and O–H groups in total. The van der Waals surface area contributed by atoms with Crippen LogP contribution in [0.1, 0.15) is 25.0 Å². The second-order valence-corrected chi connectivity index (χ2v) is 5.47. The van der Waals surface area contributed by atoms with Crippen molar-refractivity contribution in [2.24, 2.45) is 5.41 Å². The van der Waals surface area contributed by atoms with Crippen molar-refractivity contribution in [2.75, 3.05) is 13.2 Å². The maximum Gasteiger partial charge on any atom is 0.416 e. The summed E-state index contributed by atoms with van der Waals surface area (Å²) in [7, 11) is 0. The summed E-state index contributed by atoms with van der Waals surface area (Å²) in [5, 5.41) is 11.6. The quantitative estimate of drug-likeness (QED) is 0.874. The molecule has 0 aliphatic carbocycles. The lowest BCUT2D eigenvalue weighted by Crippen LogP contribution is -2.36. The molecule has 112 valence electrons. The molecule has 0 atom stereocenters. The van der Waals surface area contributed by atoms with Gasteiger partial charge in [0.05, 0.1) is 12.0 Å². The molecule has 1 amide bonds. The van der Waals surface area contributed by atoms with Crippen molar-refractivity contribution in [3.05, 3.63) is 35.4 Å². The molecule has 0 bridgehead atoms. The monoisotopic (exact) mass is 289 g/mol. The highest BCUT2D eigenvalue weighted by atomic mass is 19.4. The Morgan fingerprint density at radius 1 is 1.30 bits per heavy atom. The third-order valence-corrected chi connectivity index (χ3v) is 2.81. The highest BCUT2D eigenvalue weighted by Gasteiger charge is 2.30. The molecule has 0 fully saturated rings. The van der Waals surface area contributed by atoms with Crippen molar-refractivity contribution in [3.8, 4) is 0 Å². The number of aliphatic hydroxyl groups excluding tert-OH is 1. The first-order chi connectivity index (χ1) is 9.14. The standard InChI is InChI=1S/C14H18F3NO2/c1-13(2,9-19)8-18-12(20)7-10-4-3-5-11(6-10)14(15,16)17/h3-6,19H,7-9H2,1-2H3,(H,18,20). The molecule has 0 saturated carbocycles. The summed E-state index contributed by atoms with van der Waals surface area (Å²) >= 11 is 0. The van der Waals surface area contributed by atoms with Crippen LogP contribution in [0.15, 0.2) is 24.3 Å². The Labute approximate surface area is 115 Å². The lowest BCUT2D eigenvalue weighted by molar-refractivity contribution is -0.137. The van der Waals surface area contributed by atoms with Crippen LogP contribution in [0.5, 0.6) is 0 Å². The van der Waals surface area contributed by atoms with Crippen LogP contribution in [-0.4, -0.2) is 24.2 Å². The van der Waals surface area contributed by atoms with Gasteiger partial charge in [-0.1, -0.05) is 32.0 Å². The Morgan fingerprint density at radius 3 is 2.50 bits per heavy atom. The van der Waals surface area contributed by atoms with Crippen molar-refractivity contribution in [1.82, 2.24) is 5.32 Å². The molecule has 0 aromatic heterocycles. The first-order valence-corrected chi connectivity index (χ1v) is 6.18. The highest BCUT2D eigenvalue weighted by molar-refractivity contribution is 5.78. The Balaban J connectivity index is 2.63. The highest BCUT2D eigenvalue weighted by Crippen LogP contribution is 2.29. The predicted molar refractivity (Wildman–Crippen MR) is 69.0 cm³/mol. The summed E-state index contributed by atoms with van der Waals surface area (Å²) in [6.07, 6.45) is -4.53. The number of alkyl halides is 3. The molecule has 1 rings (SSSR count). The maximum atomic E-state index is 12.5. The molecule has 0 aliphatic rings. The predicted octanol–water partition coefficient (Wildman–Crippen LogP) is 2.38. The molecule has 20 heavy (non-hydrogen) atoms. The Bertz CT molecular complexity index is 470. The zero-order valence-corrected chi connectivity index (χ0v) is 11.4. The van der Waals surface area contributed by atoms with E-state index in [2.05, 4.69) is 5.32 Å². The minimum atomic E-state index is -4.41. The number of amides is 1. The minimum absolute atomic E-state index is 0.0865. The van der Waals surface area contributed by atoms with E-state index in [1.165, 1.54) is 12.1 Å². The van der Waals surface area contributed by atoms with E-state index in [0.29, 0.717) is 5.56 Å². The van der Waals surface area contributed by atoms with Gasteiger partial charge in [-0.05, 0) is 11.6 Å². The Hall–Kier alpha value is -1.56. The SMILES string of the molecule is CC(C)(CO)CNC(=O)Cc1cccc(C(F)(F)F)c1. The first kappa shape index (κ1) is 16.5. The minimum Gasteiger partial charge on any atom is -0.396 e. The largest absolute Gasteiger partial charge is 0.416 e. The van der Waals surface area contributed by atoms with Crippen LogP contribution in [0, 0.1) is 5.41 Å². The van der Waals surface area contributed by atoms with E-state index in [9.17, 15) is 18.0 Å². The third-order valence-electron chi connectivity index (χ3n) is 2.81. The lowest BCUT2D eigenvalue weighted by atomic mass is 9.95. The molecule has 0 radical (unpaired) electrons. The average molecular weight is 289 g/mol. The van der Waals surface area contributed by atoms with Gasteiger partial charge in [-0.3, -0.25) is 4.79 Å². The van der Waals surface area contributed by atoms with Crippen molar-refractivity contribution < 1.29 is 23.1 Å². The normalized spacial score (nSPS) is 12.3. The fraction of sp³-hybridized carbons (Fsp3) is 0.500. The number of carbonyl (C=O) groups excluding carboxylic acids is 1. The van der Waals surface area contributed by atoms with Crippen molar-refractivity contribution in [2.45, 2.75) is 26.4 Å². The number of carbonyl (C=O) groups is 1. The Morgan fingerprint density at radius 2 is 1.95 bits per heavy atom. The summed E-state index contributed by atoms with van der Waals surface area (Å²) in [4.78, 5) is 11.7. The van der Waals surface area contributed by atoms with Crippen molar-refractivity contribution in [1.29, 1.82) is 0 Å². The van der Waals surface area contributed by atoms with Gasteiger partial charge in [0.15, 0.2) is 0 Å². The number of hydrogen-bond donors (Lipinski definition) is 2. The summed E-state index contributed by atoms with van der Waals surface area (Å²) in [5.74, 6) is -0.370. The van der Waals surface area contributed by atoms with E-state index in [4.69, 9.17) is 5.11 Å². The molecular formula is C14H18F3NO2. The van der Waals surface area contributed by atoms with Gasteiger partial charge in [0, 0.05) is 18.6 Å². The lowest BCUT2D eigenvalue weighted by Gasteiger charge is -2.21. The summed E-state index contributed by atoms with van der Waals surface area (Å²) in [6, 6.07) is 4.70. The van der Waals surface area contributed by atoms with E-state index >= 15 is 0 Å². The van der Waals surface area contributed by atoms with Crippen molar-refractivity contribution >= 4 is 5.91 Å². The number of hydrogen-bond acceptors (Lipinski definition) is 2. The van der Waals surface area contributed by atoms with Gasteiger partial charge in [0.25, 0.3) is 0 Å². The molecule has 0 aliphatic heterocycles. The molecule has 1 aromatic rings. The van der Waals surface area contributed by atoms with Crippen LogP contribution in [0.3, 0.4) is 0 Å². The molecule has 6 heteroatoms. The number of rotatable bonds is 5. The smallest absolute Gasteiger partial charge is 0.396 e. The van der Waals surface area contributed by atoms with Gasteiger partial charge in [0.2, 0.25) is 5.91 Å². The third kappa shape index (κ3) is 5.21. The van der Waals surface area contributed by atoms with Crippen LogP contribution in [-0.2, 0) is 17.4 Å². The van der Waals surface area contributed by atoms with E-state index in [0.717, 1.165) is 12.1 Å². The number of halogens is 3. The van der Waals surface area contributed by atoms with Gasteiger partial charge in [-0.25, -0.2) is 0 Å². The maximum absolute atomic E-state index is 12.5. The van der Waals surface area contributed by atoms with E-state index in [1.54, 1.807) is 13.8 Å². The first-order valence-electron chi connectivity index (χ1n) is 6.18. The van der Waals surface area contributed by atoms with Crippen LogP contribution >= 0.6 is 0 Å². The molecular weight excluding hydrogens is 271 g/mol. The Kier molecular flexibility index (Phi) is 5.16. The van der Waals surface area contributed by atoms with Crippen LogP contribution in [0.4, 0.5) is 13.2 Å². The number of benzene rings is 1. The molecule has 0 unspecified atom stereocenters. The number of nitrogens with one attached hydrogen (secondary N) is 1. The van der Waals surface area contributed by atoms with Gasteiger partial charge in [0.1, 0.15) is 0 Å². The van der Waals surface area contributed by atoms with Gasteiger partial charge >= 0.3 is 6.18 Å². The van der Waals surface area contributed by atoms with E-state index in [1.807, 2.05) is 0 Å². The van der Waals surface area contributed by atoms with Gasteiger partial charge < -0.3 is 10.4 Å². The average Bonchev–Trinajstić information content (AvgIpc) is 2.36. The second kappa shape index (κ2) is 6.26. The van der Waals surface area contributed by atoms with Gasteiger partial charge in [-0.15, -0.1) is 0 Å². The van der Waals surface area contributed by atoms with Crippen LogP contribution in [0.2, 0.25) is 0 Å². The van der Waals surface area contributed by atoms with E-state index in [-0.39, 0.29) is 25.5 Å².